The lowest BCUT2D eigenvalue weighted by atomic mass is 10.0. The summed E-state index contributed by atoms with van der Waals surface area (Å²) in [4.78, 5) is 0. The molecule has 88 valence electrons. The van der Waals surface area contributed by atoms with E-state index in [0.717, 1.165) is 21.9 Å². The molecule has 0 saturated carbocycles. The summed E-state index contributed by atoms with van der Waals surface area (Å²) in [6, 6.07) is 17.6. The molecule has 0 bridgehead atoms. The molecular weight excluding hydrogens is 227 g/mol. The van der Waals surface area contributed by atoms with Gasteiger partial charge in [-0.25, -0.2) is 4.39 Å². The summed E-state index contributed by atoms with van der Waals surface area (Å²) >= 11 is 0. The minimum Gasteiger partial charge on any atom is -0.507 e. The number of halogens is 1. The smallest absolute Gasteiger partial charge is 0.124 e. The van der Waals surface area contributed by atoms with Crippen LogP contribution in [0.25, 0.3) is 21.9 Å². The molecule has 3 rings (SSSR count). The van der Waals surface area contributed by atoms with Gasteiger partial charge in [0.1, 0.15) is 11.6 Å². The third-order valence-electron chi connectivity index (χ3n) is 3.02. The van der Waals surface area contributed by atoms with Gasteiger partial charge in [0.15, 0.2) is 0 Å². The molecule has 2 heteroatoms. The highest BCUT2D eigenvalue weighted by molar-refractivity contribution is 5.92. The molecule has 0 aliphatic heterocycles. The van der Waals surface area contributed by atoms with Crippen molar-refractivity contribution in [2.45, 2.75) is 0 Å². The molecule has 1 N–H and O–H groups in total. The van der Waals surface area contributed by atoms with E-state index in [2.05, 4.69) is 0 Å². The molecule has 0 aliphatic rings. The summed E-state index contributed by atoms with van der Waals surface area (Å²) in [6.07, 6.45) is 0. The number of phenols is 1. The Morgan fingerprint density at radius 3 is 2.28 bits per heavy atom. The molecule has 0 aliphatic carbocycles. The monoisotopic (exact) mass is 238 g/mol. The van der Waals surface area contributed by atoms with E-state index in [1.54, 1.807) is 18.2 Å². The minimum atomic E-state index is -0.260. The van der Waals surface area contributed by atoms with Crippen molar-refractivity contribution in [3.8, 4) is 16.9 Å². The van der Waals surface area contributed by atoms with E-state index in [-0.39, 0.29) is 11.6 Å². The van der Waals surface area contributed by atoms with Crippen LogP contribution in [0.3, 0.4) is 0 Å². The Morgan fingerprint density at radius 1 is 0.778 bits per heavy atom. The normalized spacial score (nSPS) is 10.7. The zero-order valence-electron chi connectivity index (χ0n) is 9.60. The lowest BCUT2D eigenvalue weighted by Crippen LogP contribution is -1.81. The van der Waals surface area contributed by atoms with Crippen LogP contribution >= 0.6 is 0 Å². The number of aromatic hydroxyl groups is 1. The molecule has 0 atom stereocenters. The zero-order chi connectivity index (χ0) is 12.5. The summed E-state index contributed by atoms with van der Waals surface area (Å²) < 4.78 is 12.9. The summed E-state index contributed by atoms with van der Waals surface area (Å²) in [5, 5.41) is 11.8. The molecular formula is C16H11FO. The highest BCUT2D eigenvalue weighted by atomic mass is 19.1. The predicted molar refractivity (Wildman–Crippen MR) is 71.0 cm³/mol. The second-order valence-electron chi connectivity index (χ2n) is 4.22. The molecule has 0 unspecified atom stereocenters. The van der Waals surface area contributed by atoms with Crippen LogP contribution < -0.4 is 0 Å². The lowest BCUT2D eigenvalue weighted by Gasteiger charge is -2.06. The van der Waals surface area contributed by atoms with Gasteiger partial charge in [0, 0.05) is 5.39 Å². The first-order valence-electron chi connectivity index (χ1n) is 5.72. The van der Waals surface area contributed by atoms with Gasteiger partial charge in [0.2, 0.25) is 0 Å². The number of hydrogen-bond acceptors (Lipinski definition) is 1. The summed E-state index contributed by atoms with van der Waals surface area (Å²) in [7, 11) is 0. The van der Waals surface area contributed by atoms with Gasteiger partial charge in [-0.05, 0) is 40.8 Å². The van der Waals surface area contributed by atoms with E-state index in [1.165, 1.54) is 12.1 Å². The van der Waals surface area contributed by atoms with E-state index in [9.17, 15) is 9.50 Å². The van der Waals surface area contributed by atoms with Crippen LogP contribution in [0, 0.1) is 5.82 Å². The summed E-state index contributed by atoms with van der Waals surface area (Å²) in [5.74, 6) is -0.0174. The molecule has 1 nitrogen and oxygen atoms in total. The molecule has 3 aromatic carbocycles. The number of rotatable bonds is 1. The third kappa shape index (κ3) is 1.82. The van der Waals surface area contributed by atoms with Crippen LogP contribution in [0.5, 0.6) is 5.75 Å². The third-order valence-corrected chi connectivity index (χ3v) is 3.02. The van der Waals surface area contributed by atoms with Crippen molar-refractivity contribution in [1.29, 1.82) is 0 Å². The Kier molecular flexibility index (Phi) is 2.49. The van der Waals surface area contributed by atoms with Crippen molar-refractivity contribution in [3.63, 3.8) is 0 Å². The molecule has 0 amide bonds. The van der Waals surface area contributed by atoms with Crippen molar-refractivity contribution < 1.29 is 9.50 Å². The van der Waals surface area contributed by atoms with Crippen molar-refractivity contribution in [2.24, 2.45) is 0 Å². The topological polar surface area (TPSA) is 20.2 Å². The van der Waals surface area contributed by atoms with Gasteiger partial charge < -0.3 is 5.11 Å². The molecule has 0 fully saturated rings. The fraction of sp³-hybridized carbons (Fsp3) is 0. The van der Waals surface area contributed by atoms with Gasteiger partial charge in [0.25, 0.3) is 0 Å². The van der Waals surface area contributed by atoms with Gasteiger partial charge in [0.05, 0.1) is 0 Å². The standard InChI is InChI=1S/C16H11FO/c17-14-7-5-11(6-8-14)13-9-12-3-1-2-4-15(12)16(18)10-13/h1-10,18H. The van der Waals surface area contributed by atoms with Crippen LogP contribution in [0.2, 0.25) is 0 Å². The van der Waals surface area contributed by atoms with Gasteiger partial charge >= 0.3 is 0 Å². The van der Waals surface area contributed by atoms with Crippen molar-refractivity contribution in [1.82, 2.24) is 0 Å². The van der Waals surface area contributed by atoms with Crippen LogP contribution in [-0.2, 0) is 0 Å². The van der Waals surface area contributed by atoms with Crippen LogP contribution in [0.4, 0.5) is 4.39 Å². The largest absolute Gasteiger partial charge is 0.507 e. The first kappa shape index (κ1) is 10.8. The Hall–Kier alpha value is -2.35. The number of fused-ring (bicyclic) bond motifs is 1. The van der Waals surface area contributed by atoms with Crippen molar-refractivity contribution in [2.75, 3.05) is 0 Å². The van der Waals surface area contributed by atoms with Gasteiger partial charge in [-0.1, -0.05) is 36.4 Å². The fourth-order valence-corrected chi connectivity index (χ4v) is 2.10. The second kappa shape index (κ2) is 4.15. The summed E-state index contributed by atoms with van der Waals surface area (Å²) in [5.41, 5.74) is 1.77. The zero-order valence-corrected chi connectivity index (χ0v) is 9.60. The van der Waals surface area contributed by atoms with Gasteiger partial charge in [-0.2, -0.15) is 0 Å². The Balaban J connectivity index is 2.21. The van der Waals surface area contributed by atoms with Gasteiger partial charge in [-0.15, -0.1) is 0 Å². The molecule has 3 aromatic rings. The number of phenolic OH excluding ortho intramolecular Hbond substituents is 1. The highest BCUT2D eigenvalue weighted by Crippen LogP contribution is 2.31. The van der Waals surface area contributed by atoms with Crippen LogP contribution in [0.15, 0.2) is 60.7 Å². The molecule has 0 heterocycles. The van der Waals surface area contributed by atoms with E-state index in [4.69, 9.17) is 0 Å². The quantitative estimate of drug-likeness (QED) is 0.668. The van der Waals surface area contributed by atoms with E-state index < -0.39 is 0 Å². The first-order valence-corrected chi connectivity index (χ1v) is 5.72. The Labute approximate surface area is 104 Å². The minimum absolute atomic E-state index is 0.243. The van der Waals surface area contributed by atoms with Crippen molar-refractivity contribution >= 4 is 10.8 Å². The first-order chi connectivity index (χ1) is 8.74. The molecule has 0 aromatic heterocycles. The SMILES string of the molecule is Oc1cc(-c2ccc(F)cc2)cc2ccccc12. The molecule has 0 spiro atoms. The maximum Gasteiger partial charge on any atom is 0.124 e. The Morgan fingerprint density at radius 2 is 1.50 bits per heavy atom. The van der Waals surface area contributed by atoms with E-state index in [1.807, 2.05) is 30.3 Å². The van der Waals surface area contributed by atoms with Crippen LogP contribution in [0.1, 0.15) is 0 Å². The molecule has 0 radical (unpaired) electrons. The predicted octanol–water partition coefficient (Wildman–Crippen LogP) is 4.35. The fourth-order valence-electron chi connectivity index (χ4n) is 2.10. The molecule has 0 saturated heterocycles. The Bertz CT molecular complexity index is 702. The number of hydrogen-bond donors (Lipinski definition) is 1. The maximum atomic E-state index is 12.9. The van der Waals surface area contributed by atoms with E-state index in [0.29, 0.717) is 0 Å². The average Bonchev–Trinajstić information content (AvgIpc) is 2.39. The maximum absolute atomic E-state index is 12.9. The van der Waals surface area contributed by atoms with Crippen molar-refractivity contribution in [3.05, 3.63) is 66.5 Å². The van der Waals surface area contributed by atoms with E-state index >= 15 is 0 Å². The van der Waals surface area contributed by atoms with Crippen LogP contribution in [-0.4, -0.2) is 5.11 Å². The summed E-state index contributed by atoms with van der Waals surface area (Å²) in [6.45, 7) is 0. The molecule has 18 heavy (non-hydrogen) atoms. The average molecular weight is 238 g/mol. The van der Waals surface area contributed by atoms with Gasteiger partial charge in [-0.3, -0.25) is 0 Å². The lowest BCUT2D eigenvalue weighted by molar-refractivity contribution is 0.482. The second-order valence-corrected chi connectivity index (χ2v) is 4.22. The number of benzene rings is 3. The highest BCUT2D eigenvalue weighted by Gasteiger charge is 2.04.